The van der Waals surface area contributed by atoms with Gasteiger partial charge >= 0.3 is 118 Å². The number of ether oxygens (including phenoxy) is 5. The summed E-state index contributed by atoms with van der Waals surface area (Å²) in [4.78, 5) is 104. The van der Waals surface area contributed by atoms with Crippen LogP contribution in [0.5, 0.6) is 0 Å². The van der Waals surface area contributed by atoms with Gasteiger partial charge in [-0.25, -0.2) is 24.0 Å². The standard InChI is InChI=1S/C51H96O27Si10/c1-17-32-79(57)66-81(59,37-22-27-61-47(52)42(6)7)70-83(34-19-3)72-86(68-79,39-24-29-63-49(54)44(10)11)75-85(36-21-5)76-87(40-25-30-64-50(55)45(12)13)69-80(58,33-18-2)67-82(60-16,38-23-28-62-48(53)43(8)9)71-84(74-87,35-20-4)77-88(73-83,78-85)41-26-31-65-51(56)46(14)15/h57-59H,6,8,10,12,14,17-41H2,1-5,7,9,11,13,15-16H3. The largest absolute Gasteiger partial charge is 0.486 e. The molecule has 27 nitrogen and oxygen atoms in total. The van der Waals surface area contributed by atoms with Crippen LogP contribution in [0.15, 0.2) is 60.8 Å². The summed E-state index contributed by atoms with van der Waals surface area (Å²) < 4.78 is 131. The maximum Gasteiger partial charge on any atom is 0.486 e. The first-order chi connectivity index (χ1) is 41.2. The van der Waals surface area contributed by atoms with E-state index in [9.17, 15) is 38.4 Å². The molecule has 0 aliphatic carbocycles. The Balaban J connectivity index is 2.24. The van der Waals surface area contributed by atoms with Crippen LogP contribution >= 0.6 is 0 Å². The van der Waals surface area contributed by atoms with E-state index in [0.29, 0.717) is 6.42 Å². The molecule has 502 valence electrons. The van der Waals surface area contributed by atoms with E-state index in [4.69, 9.17) is 81.6 Å². The summed E-state index contributed by atoms with van der Waals surface area (Å²) in [7, 11) is -47.3. The number of fused-ring (bicyclic) bond motifs is 6. The second kappa shape index (κ2) is 34.1. The zero-order valence-corrected chi connectivity index (χ0v) is 63.4. The second-order valence-electron chi connectivity index (χ2n) is 22.3. The fraction of sp³-hybridized carbons (Fsp3) is 0.706. The van der Waals surface area contributed by atoms with Crippen molar-refractivity contribution in [3.05, 3.63) is 60.8 Å². The summed E-state index contributed by atoms with van der Waals surface area (Å²) in [6.45, 7) is 34.0. The first kappa shape index (κ1) is 78.0. The van der Waals surface area contributed by atoms with E-state index < -0.39 is 118 Å². The highest BCUT2D eigenvalue weighted by Gasteiger charge is 2.79. The van der Waals surface area contributed by atoms with Crippen LogP contribution in [0.3, 0.4) is 0 Å². The van der Waals surface area contributed by atoms with Crippen LogP contribution in [-0.2, 0) is 106 Å². The van der Waals surface area contributed by atoms with Gasteiger partial charge in [0.1, 0.15) is 0 Å². The predicted molar refractivity (Wildman–Crippen MR) is 337 cm³/mol. The van der Waals surface area contributed by atoms with Gasteiger partial charge in [0.2, 0.25) is 0 Å². The molecule has 0 aromatic heterocycles. The Bertz CT molecular complexity index is 2490. The van der Waals surface area contributed by atoms with Gasteiger partial charge in [-0.2, -0.15) is 0 Å². The maximum absolute atomic E-state index is 13.2. The van der Waals surface area contributed by atoms with Gasteiger partial charge in [-0.15, -0.1) is 0 Å². The van der Waals surface area contributed by atoms with Gasteiger partial charge in [-0.3, -0.25) is 0 Å². The van der Waals surface area contributed by atoms with Crippen molar-refractivity contribution < 1.29 is 120 Å². The molecule has 4 saturated heterocycles. The SMILES string of the molecule is C=C(C)C(=O)OCCC[Si]1(O)O[Si](O)(CCC)O[Si]2(CCCOC(=O)C(=C)C)O[Si](CCC)(O1)O[Si]1(CCCOC(=O)C(=C)C)O[Si]3(CCC)O[Si](CCCOC(=O)C(=C)C)(OC)O[Si](O)(CCC)O[Si](CCCOC(=O)C(=C)C)(O3)O[Si](CCC)(O2)O1. The third kappa shape index (κ3) is 22.6. The van der Waals surface area contributed by atoms with Gasteiger partial charge in [-0.1, -0.05) is 99.6 Å². The lowest BCUT2D eigenvalue weighted by molar-refractivity contribution is -0.139. The molecule has 10 atom stereocenters. The number of carbonyl (C=O) groups is 5. The molecule has 3 N–H and O–H groups in total. The maximum atomic E-state index is 13.2. The minimum Gasteiger partial charge on any atom is -0.462 e. The highest BCUT2D eigenvalue weighted by molar-refractivity contribution is 7.00. The zero-order chi connectivity index (χ0) is 65.9. The minimum absolute atomic E-state index is 0.0280. The van der Waals surface area contributed by atoms with Gasteiger partial charge in [0.15, 0.2) is 0 Å². The Morgan fingerprint density at radius 1 is 0.307 bits per heavy atom. The fourth-order valence-corrected chi connectivity index (χ4v) is 63.9. The summed E-state index contributed by atoms with van der Waals surface area (Å²) in [5.41, 5.74) is 0.701. The van der Waals surface area contributed by atoms with Crippen molar-refractivity contribution in [1.29, 1.82) is 0 Å². The molecule has 6 bridgehead atoms. The molecule has 4 heterocycles. The van der Waals surface area contributed by atoms with Gasteiger partial charge in [0.05, 0.1) is 33.0 Å². The van der Waals surface area contributed by atoms with Crippen LogP contribution in [0.25, 0.3) is 0 Å². The number of rotatable bonds is 36. The van der Waals surface area contributed by atoms with E-state index in [0.717, 1.165) is 0 Å². The van der Waals surface area contributed by atoms with Gasteiger partial charge in [0, 0.05) is 95.4 Å². The summed E-state index contributed by atoms with van der Waals surface area (Å²) in [5.74, 6) is -3.37. The fourth-order valence-electron chi connectivity index (χ4n) is 9.53. The topological polar surface area (TPSA) is 321 Å². The molecular formula is C51H96O27Si10. The Labute approximate surface area is 529 Å². The van der Waals surface area contributed by atoms with Crippen molar-refractivity contribution in [2.45, 2.75) is 194 Å². The van der Waals surface area contributed by atoms with Crippen molar-refractivity contribution in [3.63, 3.8) is 0 Å². The smallest absolute Gasteiger partial charge is 0.462 e. The Morgan fingerprint density at radius 3 is 0.818 bits per heavy atom. The highest BCUT2D eigenvalue weighted by Crippen LogP contribution is 2.51. The van der Waals surface area contributed by atoms with E-state index >= 15 is 0 Å². The first-order valence-corrected chi connectivity index (χ1v) is 49.6. The molecule has 4 aliphatic heterocycles. The van der Waals surface area contributed by atoms with Crippen molar-refractivity contribution in [3.8, 4) is 0 Å². The van der Waals surface area contributed by atoms with E-state index in [2.05, 4.69) is 32.9 Å². The Kier molecular flexibility index (Phi) is 30.2. The van der Waals surface area contributed by atoms with Crippen LogP contribution < -0.4 is 0 Å². The van der Waals surface area contributed by atoms with Crippen LogP contribution in [0, 0.1) is 0 Å². The molecule has 4 rings (SSSR count). The lowest BCUT2D eigenvalue weighted by Gasteiger charge is -2.58. The molecule has 4 fully saturated rings. The van der Waals surface area contributed by atoms with E-state index in [1.807, 2.05) is 20.8 Å². The molecule has 0 amide bonds. The average molecular weight is 1420 g/mol. The first-order valence-electron chi connectivity index (χ1n) is 30.2. The molecule has 4 aliphatic rings. The van der Waals surface area contributed by atoms with Crippen molar-refractivity contribution in [2.75, 3.05) is 40.1 Å². The number of esters is 5. The molecule has 10 unspecified atom stereocenters. The van der Waals surface area contributed by atoms with E-state index in [1.165, 1.54) is 41.7 Å². The lowest BCUT2D eigenvalue weighted by Crippen LogP contribution is -2.83. The van der Waals surface area contributed by atoms with Crippen LogP contribution in [-0.4, -0.2) is 172 Å². The van der Waals surface area contributed by atoms with Crippen LogP contribution in [0.1, 0.15) is 133 Å². The molecular weight excluding hydrogens is 1330 g/mol. The highest BCUT2D eigenvalue weighted by atomic mass is 28.6. The number of carbonyl (C=O) groups excluding carboxylic acids is 5. The average Bonchev–Trinajstić information content (AvgIpc) is 0.730. The molecule has 0 aromatic rings. The van der Waals surface area contributed by atoms with E-state index in [1.54, 1.807) is 13.8 Å². The van der Waals surface area contributed by atoms with Gasteiger partial charge < -0.3 is 96.0 Å². The normalized spacial score (nSPS) is 32.1. The third-order valence-corrected chi connectivity index (χ3v) is 56.8. The lowest BCUT2D eigenvalue weighted by atomic mass is 10.4. The number of hydrogen-bond acceptors (Lipinski definition) is 27. The van der Waals surface area contributed by atoms with Gasteiger partial charge in [-0.05, 0) is 66.7 Å². The summed E-state index contributed by atoms with van der Waals surface area (Å²) in [6.07, 6.45) is 1.16. The quantitative estimate of drug-likeness (QED) is 0.0177. The Hall–Kier alpha value is -2.46. The van der Waals surface area contributed by atoms with Gasteiger partial charge in [0.25, 0.3) is 0 Å². The molecule has 0 saturated carbocycles. The zero-order valence-electron chi connectivity index (χ0n) is 53.4. The number of hydrogen-bond donors (Lipinski definition) is 3. The van der Waals surface area contributed by atoms with Crippen LogP contribution in [0.4, 0.5) is 0 Å². The van der Waals surface area contributed by atoms with Crippen molar-refractivity contribution in [2.24, 2.45) is 0 Å². The molecule has 88 heavy (non-hydrogen) atoms. The molecule has 0 radical (unpaired) electrons. The molecule has 0 aromatic carbocycles. The minimum atomic E-state index is -5.03. The summed E-state index contributed by atoms with van der Waals surface area (Å²) in [6, 6.07) is -1.77. The third-order valence-electron chi connectivity index (χ3n) is 13.2. The summed E-state index contributed by atoms with van der Waals surface area (Å²) in [5, 5.41) is 0. The summed E-state index contributed by atoms with van der Waals surface area (Å²) >= 11 is 0. The van der Waals surface area contributed by atoms with Crippen LogP contribution in [0.2, 0.25) is 60.4 Å². The second-order valence-corrected chi connectivity index (χ2v) is 52.2. The Morgan fingerprint density at radius 2 is 0.534 bits per heavy atom. The molecule has 37 heteroatoms. The van der Waals surface area contributed by atoms with Crippen molar-refractivity contribution >= 4 is 118 Å². The predicted octanol–water partition coefficient (Wildman–Crippen LogP) is 7.87. The molecule has 0 spiro atoms. The monoisotopic (exact) mass is 1420 g/mol. The van der Waals surface area contributed by atoms with Crippen molar-refractivity contribution in [1.82, 2.24) is 0 Å². The van der Waals surface area contributed by atoms with E-state index in [-0.39, 0.29) is 179 Å².